The van der Waals surface area contributed by atoms with Crippen LogP contribution in [-0.2, 0) is 11.2 Å². The van der Waals surface area contributed by atoms with Gasteiger partial charge in [0.15, 0.2) is 0 Å². The van der Waals surface area contributed by atoms with Crippen molar-refractivity contribution in [2.45, 2.75) is 64.9 Å². The molecule has 1 atom stereocenters. The van der Waals surface area contributed by atoms with E-state index in [1.807, 2.05) is 6.08 Å². The third-order valence-corrected chi connectivity index (χ3v) is 6.24. The van der Waals surface area contributed by atoms with Crippen molar-refractivity contribution in [1.29, 1.82) is 0 Å². The second-order valence-corrected chi connectivity index (χ2v) is 9.11. The smallest absolute Gasteiger partial charge is 0.0547 e. The molecule has 0 spiro atoms. The first-order valence-corrected chi connectivity index (χ1v) is 12.9. The molecule has 34 heavy (non-hydrogen) atoms. The molecule has 0 aromatic heterocycles. The predicted octanol–water partition coefficient (Wildman–Crippen LogP) is 9.53. The van der Waals surface area contributed by atoms with Crippen molar-refractivity contribution < 1.29 is 4.74 Å². The average Bonchev–Trinajstić information content (AvgIpc) is 2.88. The van der Waals surface area contributed by atoms with Crippen LogP contribution in [0.5, 0.6) is 0 Å². The van der Waals surface area contributed by atoms with Gasteiger partial charge in [0.2, 0.25) is 0 Å². The lowest BCUT2D eigenvalue weighted by molar-refractivity contribution is 0.0566. The maximum Gasteiger partial charge on any atom is 0.0547 e. The Morgan fingerprint density at radius 1 is 0.765 bits per heavy atom. The summed E-state index contributed by atoms with van der Waals surface area (Å²) < 4.78 is 5.88. The minimum Gasteiger partial charge on any atom is -0.379 e. The van der Waals surface area contributed by atoms with Gasteiger partial charge in [-0.25, -0.2) is 0 Å². The number of benzene rings is 3. The molecular formula is C33H40O. The highest BCUT2D eigenvalue weighted by Crippen LogP contribution is 2.26. The van der Waals surface area contributed by atoms with E-state index in [-0.39, 0.29) is 0 Å². The van der Waals surface area contributed by atoms with Gasteiger partial charge in [0.25, 0.3) is 0 Å². The summed E-state index contributed by atoms with van der Waals surface area (Å²) in [6, 6.07) is 26.4. The Labute approximate surface area is 207 Å². The summed E-state index contributed by atoms with van der Waals surface area (Å²) in [7, 11) is 0. The molecule has 0 heterocycles. The molecule has 0 fully saturated rings. The van der Waals surface area contributed by atoms with Crippen molar-refractivity contribution in [3.63, 3.8) is 0 Å². The molecule has 0 aliphatic carbocycles. The van der Waals surface area contributed by atoms with Crippen molar-refractivity contribution in [1.82, 2.24) is 0 Å². The normalized spacial score (nSPS) is 12.2. The van der Waals surface area contributed by atoms with Gasteiger partial charge < -0.3 is 4.74 Å². The van der Waals surface area contributed by atoms with E-state index in [1.165, 1.54) is 59.1 Å². The Morgan fingerprint density at radius 2 is 1.32 bits per heavy atom. The zero-order valence-corrected chi connectivity index (χ0v) is 21.0. The van der Waals surface area contributed by atoms with Crippen LogP contribution < -0.4 is 0 Å². The molecule has 0 aliphatic heterocycles. The first kappa shape index (κ1) is 25.7. The highest BCUT2D eigenvalue weighted by atomic mass is 16.5. The van der Waals surface area contributed by atoms with Gasteiger partial charge in [-0.1, -0.05) is 111 Å². The largest absolute Gasteiger partial charge is 0.379 e. The molecule has 0 saturated heterocycles. The molecule has 1 unspecified atom stereocenters. The molecule has 0 aliphatic rings. The molecule has 3 aromatic carbocycles. The highest BCUT2D eigenvalue weighted by molar-refractivity contribution is 5.71. The van der Waals surface area contributed by atoms with Gasteiger partial charge in [-0.3, -0.25) is 0 Å². The Hall–Kier alpha value is -2.90. The van der Waals surface area contributed by atoms with E-state index in [4.69, 9.17) is 4.74 Å². The van der Waals surface area contributed by atoms with Gasteiger partial charge >= 0.3 is 0 Å². The maximum absolute atomic E-state index is 5.88. The Morgan fingerprint density at radius 3 is 1.88 bits per heavy atom. The molecule has 0 saturated carbocycles. The zero-order chi connectivity index (χ0) is 24.0. The highest BCUT2D eigenvalue weighted by Gasteiger charge is 2.02. The molecule has 178 valence electrons. The molecule has 3 rings (SSSR count). The molecule has 0 N–H and O–H groups in total. The molecule has 0 bridgehead atoms. The van der Waals surface area contributed by atoms with Crippen molar-refractivity contribution in [3.05, 3.63) is 103 Å². The molecule has 0 radical (unpaired) electrons. The van der Waals surface area contributed by atoms with Crippen LogP contribution in [0.2, 0.25) is 0 Å². The first-order chi connectivity index (χ1) is 16.7. The van der Waals surface area contributed by atoms with E-state index < -0.39 is 0 Å². The number of ether oxygens (including phenoxy) is 1. The fourth-order valence-electron chi connectivity index (χ4n) is 4.10. The van der Waals surface area contributed by atoms with Crippen LogP contribution in [-0.4, -0.2) is 12.7 Å². The summed E-state index contributed by atoms with van der Waals surface area (Å²) in [4.78, 5) is 0. The second-order valence-electron chi connectivity index (χ2n) is 9.11. The van der Waals surface area contributed by atoms with Crippen LogP contribution >= 0.6 is 0 Å². The van der Waals surface area contributed by atoms with Gasteiger partial charge in [0.05, 0.1) is 6.10 Å². The van der Waals surface area contributed by atoms with Crippen LogP contribution in [0, 0.1) is 0 Å². The third-order valence-electron chi connectivity index (χ3n) is 6.24. The van der Waals surface area contributed by atoms with Gasteiger partial charge in [-0.2, -0.15) is 0 Å². The Bertz CT molecular complexity index is 994. The van der Waals surface area contributed by atoms with Crippen LogP contribution in [0.1, 0.15) is 63.5 Å². The van der Waals surface area contributed by atoms with E-state index >= 15 is 0 Å². The number of hydrogen-bond donors (Lipinski definition) is 0. The standard InChI is InChI=1S/C33H40O/c1-4-6-10-26-34-27(3)12-8-7-9-13-29-16-20-31(21-17-29)33-24-22-32(23-25-33)30-18-14-28(11-5-2)15-19-30/h5,9,13-25,27H,2,4,6-8,10-12,26H2,1,3H3. The second kappa shape index (κ2) is 14.4. The van der Waals surface area contributed by atoms with Crippen molar-refractivity contribution in [2.24, 2.45) is 0 Å². The lowest BCUT2D eigenvalue weighted by Crippen LogP contribution is -2.08. The fourth-order valence-corrected chi connectivity index (χ4v) is 4.10. The first-order valence-electron chi connectivity index (χ1n) is 12.9. The van der Waals surface area contributed by atoms with Crippen LogP contribution in [0.4, 0.5) is 0 Å². The molecule has 1 heteroatoms. The van der Waals surface area contributed by atoms with Crippen LogP contribution in [0.25, 0.3) is 28.3 Å². The molecule has 3 aromatic rings. The maximum atomic E-state index is 5.88. The number of allylic oxidation sites excluding steroid dienone is 2. The summed E-state index contributed by atoms with van der Waals surface area (Å²) in [5.74, 6) is 0. The van der Waals surface area contributed by atoms with Crippen molar-refractivity contribution >= 4 is 6.08 Å². The molecule has 1 nitrogen and oxygen atoms in total. The fraction of sp³-hybridized carbons (Fsp3) is 0.333. The summed E-state index contributed by atoms with van der Waals surface area (Å²) >= 11 is 0. The quantitative estimate of drug-likeness (QED) is 0.175. The SMILES string of the molecule is C=CCc1ccc(-c2ccc(-c3ccc(C=CCCCC(C)OCCCCC)cc3)cc2)cc1. The predicted molar refractivity (Wildman–Crippen MR) is 149 cm³/mol. The summed E-state index contributed by atoms with van der Waals surface area (Å²) in [6.45, 7) is 9.14. The topological polar surface area (TPSA) is 9.23 Å². The number of hydrogen-bond acceptors (Lipinski definition) is 1. The third kappa shape index (κ3) is 8.47. The molecular weight excluding hydrogens is 412 g/mol. The van der Waals surface area contributed by atoms with E-state index in [1.54, 1.807) is 0 Å². The number of rotatable bonds is 14. The Kier molecular flexibility index (Phi) is 10.9. The van der Waals surface area contributed by atoms with Crippen molar-refractivity contribution in [2.75, 3.05) is 6.61 Å². The average molecular weight is 453 g/mol. The summed E-state index contributed by atoms with van der Waals surface area (Å²) in [6.07, 6.45) is 14.8. The van der Waals surface area contributed by atoms with E-state index in [0.29, 0.717) is 6.10 Å². The minimum atomic E-state index is 0.368. The van der Waals surface area contributed by atoms with Gasteiger partial charge in [-0.15, -0.1) is 6.58 Å². The van der Waals surface area contributed by atoms with E-state index in [0.717, 1.165) is 25.9 Å². The lowest BCUT2D eigenvalue weighted by Gasteiger charge is -2.12. The molecule has 0 amide bonds. The number of unbranched alkanes of at least 4 members (excludes halogenated alkanes) is 3. The van der Waals surface area contributed by atoms with Gasteiger partial charge in [0.1, 0.15) is 0 Å². The summed E-state index contributed by atoms with van der Waals surface area (Å²) in [5.41, 5.74) is 7.54. The lowest BCUT2D eigenvalue weighted by atomic mass is 9.98. The monoisotopic (exact) mass is 452 g/mol. The van der Waals surface area contributed by atoms with Gasteiger partial charge in [0, 0.05) is 6.61 Å². The Balaban J connectivity index is 1.46. The minimum absolute atomic E-state index is 0.368. The van der Waals surface area contributed by atoms with E-state index in [9.17, 15) is 0 Å². The van der Waals surface area contributed by atoms with Gasteiger partial charge in [-0.05, 0) is 72.4 Å². The summed E-state index contributed by atoms with van der Waals surface area (Å²) in [5, 5.41) is 0. The van der Waals surface area contributed by atoms with Crippen molar-refractivity contribution in [3.8, 4) is 22.3 Å². The van der Waals surface area contributed by atoms with E-state index in [2.05, 4.69) is 105 Å². The zero-order valence-electron chi connectivity index (χ0n) is 21.0. The van der Waals surface area contributed by atoms with Crippen LogP contribution in [0.3, 0.4) is 0 Å². The van der Waals surface area contributed by atoms with Crippen LogP contribution in [0.15, 0.2) is 91.5 Å².